The number of rotatable bonds is 8. The molecule has 154 valence electrons. The Morgan fingerprint density at radius 1 is 1.07 bits per heavy atom. The smallest absolute Gasteiger partial charge is 0.269 e. The molecule has 0 saturated carbocycles. The van der Waals surface area contributed by atoms with Crippen molar-refractivity contribution in [2.24, 2.45) is 0 Å². The standard InChI is InChI=1S/C22H19BrN2O5/c1-2-29-21-19(23)12-16(13-20(21)30-14-15-6-4-3-5-7-15)22(26)24-17-8-10-18(11-9-17)25(27)28/h3-13H,2,14H2,1H3,(H,24,26). The number of anilines is 1. The molecule has 0 saturated heterocycles. The summed E-state index contributed by atoms with van der Waals surface area (Å²) in [5, 5.41) is 13.5. The third kappa shape index (κ3) is 5.36. The highest BCUT2D eigenvalue weighted by atomic mass is 79.9. The molecule has 7 nitrogen and oxygen atoms in total. The number of non-ortho nitro benzene ring substituents is 1. The normalized spacial score (nSPS) is 10.3. The third-order valence-electron chi connectivity index (χ3n) is 4.13. The summed E-state index contributed by atoms with van der Waals surface area (Å²) in [7, 11) is 0. The van der Waals surface area contributed by atoms with Crippen molar-refractivity contribution in [2.75, 3.05) is 11.9 Å². The Labute approximate surface area is 181 Å². The number of amides is 1. The van der Waals surface area contributed by atoms with E-state index in [2.05, 4.69) is 21.2 Å². The lowest BCUT2D eigenvalue weighted by Crippen LogP contribution is -2.12. The summed E-state index contributed by atoms with van der Waals surface area (Å²) in [4.78, 5) is 23.0. The molecule has 0 unspecified atom stereocenters. The maximum atomic E-state index is 12.7. The van der Waals surface area contributed by atoms with Crippen LogP contribution in [0.25, 0.3) is 0 Å². The maximum absolute atomic E-state index is 12.7. The first kappa shape index (κ1) is 21.3. The zero-order valence-corrected chi connectivity index (χ0v) is 17.7. The fraction of sp³-hybridized carbons (Fsp3) is 0.136. The van der Waals surface area contributed by atoms with Gasteiger partial charge in [-0.3, -0.25) is 14.9 Å². The molecule has 3 aromatic carbocycles. The zero-order valence-electron chi connectivity index (χ0n) is 16.1. The van der Waals surface area contributed by atoms with Crippen LogP contribution in [0.1, 0.15) is 22.8 Å². The van der Waals surface area contributed by atoms with Crippen molar-refractivity contribution in [1.82, 2.24) is 0 Å². The van der Waals surface area contributed by atoms with Crippen molar-refractivity contribution in [3.8, 4) is 11.5 Å². The lowest BCUT2D eigenvalue weighted by molar-refractivity contribution is -0.384. The number of nitrogens with one attached hydrogen (secondary N) is 1. The Kier molecular flexibility index (Phi) is 7.03. The van der Waals surface area contributed by atoms with Crippen LogP contribution in [-0.4, -0.2) is 17.4 Å². The van der Waals surface area contributed by atoms with Crippen molar-refractivity contribution < 1.29 is 19.2 Å². The summed E-state index contributed by atoms with van der Waals surface area (Å²) in [6.45, 7) is 2.62. The molecular weight excluding hydrogens is 452 g/mol. The average Bonchev–Trinajstić information content (AvgIpc) is 2.75. The Balaban J connectivity index is 1.82. The van der Waals surface area contributed by atoms with Crippen molar-refractivity contribution in [3.63, 3.8) is 0 Å². The van der Waals surface area contributed by atoms with Gasteiger partial charge in [0.2, 0.25) is 0 Å². The van der Waals surface area contributed by atoms with E-state index in [1.807, 2.05) is 37.3 Å². The van der Waals surface area contributed by atoms with Gasteiger partial charge in [0.25, 0.3) is 11.6 Å². The van der Waals surface area contributed by atoms with Crippen LogP contribution in [0.4, 0.5) is 11.4 Å². The number of hydrogen-bond acceptors (Lipinski definition) is 5. The fourth-order valence-electron chi connectivity index (χ4n) is 2.70. The van der Waals surface area contributed by atoms with Crippen molar-refractivity contribution >= 4 is 33.2 Å². The van der Waals surface area contributed by atoms with E-state index in [0.29, 0.717) is 40.4 Å². The van der Waals surface area contributed by atoms with Crippen LogP contribution in [0.2, 0.25) is 0 Å². The van der Waals surface area contributed by atoms with Gasteiger partial charge >= 0.3 is 0 Å². The van der Waals surface area contributed by atoms with E-state index in [-0.39, 0.29) is 11.6 Å². The molecule has 0 atom stereocenters. The molecule has 0 aliphatic heterocycles. The highest BCUT2D eigenvalue weighted by molar-refractivity contribution is 9.10. The summed E-state index contributed by atoms with van der Waals surface area (Å²) in [6.07, 6.45) is 0. The summed E-state index contributed by atoms with van der Waals surface area (Å²) in [5.74, 6) is 0.571. The molecule has 0 heterocycles. The number of nitro benzene ring substituents is 1. The van der Waals surface area contributed by atoms with E-state index < -0.39 is 4.92 Å². The first-order valence-corrected chi connectivity index (χ1v) is 9.96. The summed E-state index contributed by atoms with van der Waals surface area (Å²) < 4.78 is 12.2. The minimum atomic E-state index is -0.495. The molecule has 0 aliphatic carbocycles. The summed E-state index contributed by atoms with van der Waals surface area (Å²) in [5.41, 5.74) is 1.74. The van der Waals surface area contributed by atoms with Gasteiger partial charge < -0.3 is 14.8 Å². The van der Waals surface area contributed by atoms with Crippen LogP contribution in [0.15, 0.2) is 71.2 Å². The van der Waals surface area contributed by atoms with E-state index in [0.717, 1.165) is 5.56 Å². The van der Waals surface area contributed by atoms with Gasteiger partial charge in [-0.2, -0.15) is 0 Å². The molecule has 0 aromatic heterocycles. The maximum Gasteiger partial charge on any atom is 0.269 e. The molecule has 0 bridgehead atoms. The molecule has 30 heavy (non-hydrogen) atoms. The highest BCUT2D eigenvalue weighted by Gasteiger charge is 2.17. The molecule has 1 amide bonds. The summed E-state index contributed by atoms with van der Waals surface area (Å²) in [6, 6.07) is 18.5. The zero-order chi connectivity index (χ0) is 21.5. The molecule has 3 rings (SSSR count). The van der Waals surface area contributed by atoms with E-state index in [9.17, 15) is 14.9 Å². The van der Waals surface area contributed by atoms with Crippen LogP contribution in [0, 0.1) is 10.1 Å². The number of benzene rings is 3. The number of halogens is 1. The predicted molar refractivity (Wildman–Crippen MR) is 117 cm³/mol. The lowest BCUT2D eigenvalue weighted by Gasteiger charge is -2.15. The Morgan fingerprint density at radius 3 is 2.40 bits per heavy atom. The molecule has 0 spiro atoms. The van der Waals surface area contributed by atoms with Gasteiger partial charge in [0, 0.05) is 23.4 Å². The first-order chi connectivity index (χ1) is 14.5. The van der Waals surface area contributed by atoms with Crippen LogP contribution in [-0.2, 0) is 6.61 Å². The van der Waals surface area contributed by atoms with Gasteiger partial charge in [-0.05, 0) is 52.7 Å². The Hall–Kier alpha value is -3.39. The molecule has 1 N–H and O–H groups in total. The number of carbonyl (C=O) groups is 1. The fourth-order valence-corrected chi connectivity index (χ4v) is 3.25. The Morgan fingerprint density at radius 2 is 1.77 bits per heavy atom. The van der Waals surface area contributed by atoms with E-state index in [1.165, 1.54) is 24.3 Å². The van der Waals surface area contributed by atoms with Crippen molar-refractivity contribution in [1.29, 1.82) is 0 Å². The highest BCUT2D eigenvalue weighted by Crippen LogP contribution is 2.37. The topological polar surface area (TPSA) is 90.7 Å². The molecule has 0 fully saturated rings. The second-order valence-corrected chi connectivity index (χ2v) is 7.11. The van der Waals surface area contributed by atoms with Gasteiger partial charge in [-0.15, -0.1) is 0 Å². The van der Waals surface area contributed by atoms with Gasteiger partial charge in [0.05, 0.1) is 16.0 Å². The van der Waals surface area contributed by atoms with E-state index >= 15 is 0 Å². The number of hydrogen-bond donors (Lipinski definition) is 1. The first-order valence-electron chi connectivity index (χ1n) is 9.16. The molecule has 8 heteroatoms. The quantitative estimate of drug-likeness (QED) is 0.342. The second kappa shape index (κ2) is 9.89. The van der Waals surface area contributed by atoms with E-state index in [4.69, 9.17) is 9.47 Å². The van der Waals surface area contributed by atoms with Crippen LogP contribution >= 0.6 is 15.9 Å². The number of nitrogens with zero attached hydrogens (tertiary/aromatic N) is 1. The number of carbonyl (C=O) groups excluding carboxylic acids is 1. The molecule has 0 radical (unpaired) electrons. The Bertz CT molecular complexity index is 1040. The largest absolute Gasteiger partial charge is 0.489 e. The van der Waals surface area contributed by atoms with Crippen molar-refractivity contribution in [3.05, 3.63) is 92.4 Å². The number of nitro groups is 1. The van der Waals surface area contributed by atoms with Crippen LogP contribution < -0.4 is 14.8 Å². The molecule has 3 aromatic rings. The van der Waals surface area contributed by atoms with Gasteiger partial charge in [0.1, 0.15) is 6.61 Å². The molecular formula is C22H19BrN2O5. The van der Waals surface area contributed by atoms with Gasteiger partial charge in [-0.1, -0.05) is 30.3 Å². The minimum Gasteiger partial charge on any atom is -0.489 e. The van der Waals surface area contributed by atoms with Crippen LogP contribution in [0.5, 0.6) is 11.5 Å². The molecule has 0 aliphatic rings. The van der Waals surface area contributed by atoms with E-state index in [1.54, 1.807) is 12.1 Å². The monoisotopic (exact) mass is 470 g/mol. The summed E-state index contributed by atoms with van der Waals surface area (Å²) >= 11 is 3.44. The van der Waals surface area contributed by atoms with Gasteiger partial charge in [-0.25, -0.2) is 0 Å². The number of ether oxygens (including phenoxy) is 2. The van der Waals surface area contributed by atoms with Crippen LogP contribution in [0.3, 0.4) is 0 Å². The average molecular weight is 471 g/mol. The second-order valence-electron chi connectivity index (χ2n) is 6.25. The minimum absolute atomic E-state index is 0.0478. The van der Waals surface area contributed by atoms with Crippen molar-refractivity contribution in [2.45, 2.75) is 13.5 Å². The SMILES string of the molecule is CCOc1c(Br)cc(C(=O)Nc2ccc([N+](=O)[O-])cc2)cc1OCc1ccccc1. The van der Waals surface area contributed by atoms with Gasteiger partial charge in [0.15, 0.2) is 11.5 Å². The third-order valence-corrected chi connectivity index (χ3v) is 4.72. The lowest BCUT2D eigenvalue weighted by atomic mass is 10.1. The predicted octanol–water partition coefficient (Wildman–Crippen LogP) is 5.59.